The van der Waals surface area contributed by atoms with Crippen LogP contribution in [0.4, 0.5) is 0 Å². The lowest BCUT2D eigenvalue weighted by Crippen LogP contribution is -2.28. The Balaban J connectivity index is 0.000000226. The summed E-state index contributed by atoms with van der Waals surface area (Å²) < 4.78 is 4.68. The molecule has 2 amide bonds. The molecule has 4 N–H and O–H groups in total. The highest BCUT2D eigenvalue weighted by molar-refractivity contribution is 5.90. The minimum Gasteiger partial charge on any atom is -0.367 e. The highest BCUT2D eigenvalue weighted by Gasteiger charge is 2.45. The van der Waals surface area contributed by atoms with E-state index < -0.39 is 11.5 Å². The van der Waals surface area contributed by atoms with E-state index in [1.165, 1.54) is 0 Å². The predicted octanol–water partition coefficient (Wildman–Crippen LogP) is -0.692. The fraction of sp³-hybridized carbons (Fsp3) is 0.500. The van der Waals surface area contributed by atoms with Crippen molar-refractivity contribution in [1.29, 1.82) is 0 Å². The van der Waals surface area contributed by atoms with Crippen LogP contribution in [0.15, 0.2) is 12.2 Å². The van der Waals surface area contributed by atoms with Crippen molar-refractivity contribution in [3.63, 3.8) is 0 Å². The Kier molecular flexibility index (Phi) is 3.62. The summed E-state index contributed by atoms with van der Waals surface area (Å²) in [4.78, 5) is 20.0. The Morgan fingerprint density at radius 3 is 1.77 bits per heavy atom. The zero-order valence-electron chi connectivity index (χ0n) is 7.79. The van der Waals surface area contributed by atoms with Gasteiger partial charge in [0.15, 0.2) is 5.60 Å². The molecule has 0 spiro atoms. The van der Waals surface area contributed by atoms with Gasteiger partial charge in [-0.1, -0.05) is 6.58 Å². The fourth-order valence-corrected chi connectivity index (χ4v) is 0.251. The average molecular weight is 186 g/mol. The summed E-state index contributed by atoms with van der Waals surface area (Å²) in [5.74, 6) is -0.803. The Morgan fingerprint density at radius 1 is 1.46 bits per heavy atom. The normalized spacial score (nSPS) is 23.8. The lowest BCUT2D eigenvalue weighted by molar-refractivity contribution is -0.122. The second-order valence-corrected chi connectivity index (χ2v) is 3.03. The molecular weight excluding hydrogens is 172 g/mol. The number of hydrogen-bond donors (Lipinski definition) is 2. The van der Waals surface area contributed by atoms with E-state index in [9.17, 15) is 9.59 Å². The van der Waals surface area contributed by atoms with Crippen molar-refractivity contribution < 1.29 is 14.3 Å². The van der Waals surface area contributed by atoms with Crippen LogP contribution in [0, 0.1) is 0 Å². The van der Waals surface area contributed by atoms with Crippen LogP contribution in [-0.4, -0.2) is 24.0 Å². The predicted molar refractivity (Wildman–Crippen MR) is 47.6 cm³/mol. The number of carbonyl (C=O) groups is 2. The molecule has 1 aliphatic rings. The summed E-state index contributed by atoms with van der Waals surface area (Å²) in [7, 11) is 0. The molecular formula is C8H14N2O3. The van der Waals surface area contributed by atoms with Crippen LogP contribution < -0.4 is 11.5 Å². The smallest absolute Gasteiger partial charge is 0.251 e. The molecule has 1 fully saturated rings. The number of epoxide rings is 1. The molecule has 1 saturated heterocycles. The second kappa shape index (κ2) is 4.04. The number of carbonyl (C=O) groups excluding carboxylic acids is 2. The number of nitrogens with two attached hydrogens (primary N) is 2. The lowest BCUT2D eigenvalue weighted by Gasteiger charge is -1.92. The summed E-state index contributed by atoms with van der Waals surface area (Å²) in [5.41, 5.74) is 9.35. The maximum atomic E-state index is 10.2. The third-order valence-corrected chi connectivity index (χ3v) is 1.52. The van der Waals surface area contributed by atoms with Crippen molar-refractivity contribution in [1.82, 2.24) is 0 Å². The Bertz CT molecular complexity index is 232. The van der Waals surface area contributed by atoms with Gasteiger partial charge in [-0.15, -0.1) is 0 Å². The van der Waals surface area contributed by atoms with Gasteiger partial charge in [0.05, 0.1) is 6.61 Å². The first-order valence-electron chi connectivity index (χ1n) is 3.69. The highest BCUT2D eigenvalue weighted by Crippen LogP contribution is 2.24. The van der Waals surface area contributed by atoms with E-state index in [1.807, 2.05) is 0 Å². The van der Waals surface area contributed by atoms with Gasteiger partial charge < -0.3 is 16.2 Å². The second-order valence-electron chi connectivity index (χ2n) is 3.03. The molecule has 5 nitrogen and oxygen atoms in total. The quantitative estimate of drug-likeness (QED) is 0.441. The molecule has 0 aromatic carbocycles. The number of hydrogen-bond acceptors (Lipinski definition) is 3. The van der Waals surface area contributed by atoms with Crippen molar-refractivity contribution in [3.05, 3.63) is 12.2 Å². The minimum atomic E-state index is -0.611. The fourth-order valence-electron chi connectivity index (χ4n) is 0.251. The summed E-state index contributed by atoms with van der Waals surface area (Å²) in [6.07, 6.45) is 0. The third kappa shape index (κ3) is 4.27. The summed E-state index contributed by atoms with van der Waals surface area (Å²) >= 11 is 0. The van der Waals surface area contributed by atoms with Gasteiger partial charge in [-0.2, -0.15) is 0 Å². The van der Waals surface area contributed by atoms with Crippen molar-refractivity contribution >= 4 is 11.8 Å². The average Bonchev–Trinajstić information content (AvgIpc) is 2.70. The molecule has 1 aliphatic heterocycles. The maximum Gasteiger partial charge on any atom is 0.251 e. The maximum absolute atomic E-state index is 10.2. The summed E-state index contributed by atoms with van der Waals surface area (Å²) in [6, 6.07) is 0. The van der Waals surface area contributed by atoms with Crippen LogP contribution in [0.1, 0.15) is 13.8 Å². The van der Waals surface area contributed by atoms with E-state index >= 15 is 0 Å². The highest BCUT2D eigenvalue weighted by atomic mass is 16.6. The molecule has 0 aromatic rings. The zero-order valence-corrected chi connectivity index (χ0v) is 7.79. The first-order valence-corrected chi connectivity index (χ1v) is 3.69. The van der Waals surface area contributed by atoms with Gasteiger partial charge in [0.25, 0.3) is 5.91 Å². The Morgan fingerprint density at radius 2 is 1.77 bits per heavy atom. The molecule has 0 saturated carbocycles. The van der Waals surface area contributed by atoms with Gasteiger partial charge >= 0.3 is 0 Å². The van der Waals surface area contributed by atoms with Crippen LogP contribution in [0.5, 0.6) is 0 Å². The first kappa shape index (κ1) is 11.6. The van der Waals surface area contributed by atoms with Crippen molar-refractivity contribution in [2.45, 2.75) is 19.4 Å². The minimum absolute atomic E-state index is 0.368. The molecule has 5 heteroatoms. The van der Waals surface area contributed by atoms with Gasteiger partial charge in [0, 0.05) is 5.57 Å². The van der Waals surface area contributed by atoms with E-state index in [0.29, 0.717) is 12.2 Å². The lowest BCUT2D eigenvalue weighted by atomic mass is 10.2. The molecule has 0 aliphatic carbocycles. The van der Waals surface area contributed by atoms with Gasteiger partial charge in [-0.3, -0.25) is 9.59 Å². The van der Waals surface area contributed by atoms with E-state index in [-0.39, 0.29) is 5.91 Å². The monoisotopic (exact) mass is 186 g/mol. The third-order valence-electron chi connectivity index (χ3n) is 1.52. The Hall–Kier alpha value is -1.36. The number of rotatable bonds is 2. The zero-order chi connectivity index (χ0) is 10.6. The molecule has 1 heterocycles. The summed E-state index contributed by atoms with van der Waals surface area (Å²) in [5, 5.41) is 0. The van der Waals surface area contributed by atoms with Crippen LogP contribution >= 0.6 is 0 Å². The largest absolute Gasteiger partial charge is 0.367 e. The van der Waals surface area contributed by atoms with Crippen molar-refractivity contribution in [3.8, 4) is 0 Å². The molecule has 0 aromatic heterocycles. The number of amides is 2. The topological polar surface area (TPSA) is 98.7 Å². The molecule has 74 valence electrons. The van der Waals surface area contributed by atoms with Crippen molar-refractivity contribution in [2.24, 2.45) is 11.5 Å². The van der Waals surface area contributed by atoms with Crippen molar-refractivity contribution in [2.75, 3.05) is 6.61 Å². The number of ether oxygens (including phenoxy) is 1. The molecule has 1 unspecified atom stereocenters. The summed E-state index contributed by atoms with van der Waals surface area (Å²) in [6.45, 7) is 7.02. The number of primary amides is 2. The molecule has 13 heavy (non-hydrogen) atoms. The van der Waals surface area contributed by atoms with Gasteiger partial charge in [0.2, 0.25) is 5.91 Å². The van der Waals surface area contributed by atoms with E-state index in [1.54, 1.807) is 13.8 Å². The SMILES string of the molecule is C=C(C)C(N)=O.CC1(C(N)=O)CO1. The van der Waals surface area contributed by atoms with Crippen LogP contribution in [0.3, 0.4) is 0 Å². The van der Waals surface area contributed by atoms with Gasteiger partial charge in [-0.25, -0.2) is 0 Å². The van der Waals surface area contributed by atoms with Crippen LogP contribution in [-0.2, 0) is 14.3 Å². The molecule has 1 atom stereocenters. The Labute approximate surface area is 76.7 Å². The molecule has 0 radical (unpaired) electrons. The molecule has 0 bridgehead atoms. The standard InChI is InChI=1S/C4H7NO2.C4H7NO/c1-4(2-7-4)3(5)6;1-3(2)4(5)6/h2H2,1H3,(H2,5,6);1H2,2H3,(H2,5,6). The molecule has 1 rings (SSSR count). The van der Waals surface area contributed by atoms with Gasteiger partial charge in [0.1, 0.15) is 0 Å². The van der Waals surface area contributed by atoms with E-state index in [2.05, 4.69) is 11.3 Å². The van der Waals surface area contributed by atoms with Gasteiger partial charge in [-0.05, 0) is 13.8 Å². The van der Waals surface area contributed by atoms with Crippen LogP contribution in [0.25, 0.3) is 0 Å². The van der Waals surface area contributed by atoms with Crippen LogP contribution in [0.2, 0.25) is 0 Å². The first-order chi connectivity index (χ1) is 5.79. The van der Waals surface area contributed by atoms with E-state index in [4.69, 9.17) is 11.5 Å². The van der Waals surface area contributed by atoms with E-state index in [0.717, 1.165) is 0 Å².